The van der Waals surface area contributed by atoms with Gasteiger partial charge >= 0.3 is 0 Å². The molecule has 5 rings (SSSR count). The van der Waals surface area contributed by atoms with Gasteiger partial charge in [0.2, 0.25) is 0 Å². The van der Waals surface area contributed by atoms with Crippen molar-refractivity contribution >= 4 is 17.4 Å². The molecule has 1 saturated heterocycles. The number of furan rings is 1. The molecule has 1 aromatic heterocycles. The summed E-state index contributed by atoms with van der Waals surface area (Å²) in [6.07, 6.45) is 1.37. The number of Topliss-reactive ketones (excluding diaryl/α,β-unsaturated/α-hetero) is 1. The molecule has 1 N–H and O–H groups in total. The van der Waals surface area contributed by atoms with Crippen LogP contribution in [-0.2, 0) is 22.4 Å². The van der Waals surface area contributed by atoms with Crippen LogP contribution in [0.5, 0.6) is 5.75 Å². The Morgan fingerprint density at radius 3 is 2.61 bits per heavy atom. The monoisotopic (exact) mass is 443 g/mol. The molecule has 2 aliphatic rings. The highest BCUT2D eigenvalue weighted by Crippen LogP contribution is 2.41. The summed E-state index contributed by atoms with van der Waals surface area (Å²) in [5, 5.41) is 11.2. The highest BCUT2D eigenvalue weighted by molar-refractivity contribution is 6.46. The third kappa shape index (κ3) is 3.82. The van der Waals surface area contributed by atoms with Crippen LogP contribution in [0.1, 0.15) is 41.2 Å². The third-order valence-electron chi connectivity index (χ3n) is 6.22. The second-order valence-corrected chi connectivity index (χ2v) is 8.63. The van der Waals surface area contributed by atoms with E-state index in [1.54, 1.807) is 31.2 Å². The average molecular weight is 443 g/mol. The Kier molecular flexibility index (Phi) is 5.29. The number of aryl methyl sites for hydroxylation is 1. The first-order valence-electron chi connectivity index (χ1n) is 11.1. The number of hydrogen-bond acceptors (Lipinski definition) is 5. The summed E-state index contributed by atoms with van der Waals surface area (Å²) in [7, 11) is 0. The molecule has 33 heavy (non-hydrogen) atoms. The van der Waals surface area contributed by atoms with Gasteiger partial charge in [-0.2, -0.15) is 0 Å². The summed E-state index contributed by atoms with van der Waals surface area (Å²) >= 11 is 0. The maximum absolute atomic E-state index is 13.1. The van der Waals surface area contributed by atoms with Crippen LogP contribution in [0.15, 0.2) is 70.7 Å². The molecule has 0 aliphatic carbocycles. The third-order valence-corrected chi connectivity index (χ3v) is 6.22. The maximum Gasteiger partial charge on any atom is 0.295 e. The van der Waals surface area contributed by atoms with Crippen LogP contribution in [0.3, 0.4) is 0 Å². The molecule has 3 aromatic rings. The lowest BCUT2D eigenvalue weighted by molar-refractivity contribution is -0.140. The molecule has 6 heteroatoms. The first-order valence-corrected chi connectivity index (χ1v) is 11.1. The number of aliphatic hydroxyl groups is 1. The predicted octanol–water partition coefficient (Wildman–Crippen LogP) is 4.58. The molecule has 0 bridgehead atoms. The predicted molar refractivity (Wildman–Crippen MR) is 123 cm³/mol. The van der Waals surface area contributed by atoms with Gasteiger partial charge in [-0.05, 0) is 61.7 Å². The van der Waals surface area contributed by atoms with E-state index in [1.807, 2.05) is 43.3 Å². The second-order valence-electron chi connectivity index (χ2n) is 8.63. The SMILES string of the molecule is Cc1ccc(C2C(=C(O)c3ccc4c(c3)CC(C)O4)C(=O)C(=O)N2CCc2ccccc2)o1. The topological polar surface area (TPSA) is 80.0 Å². The van der Waals surface area contributed by atoms with Crippen LogP contribution in [0, 0.1) is 6.92 Å². The number of hydrogen-bond donors (Lipinski definition) is 1. The Morgan fingerprint density at radius 2 is 1.88 bits per heavy atom. The number of fused-ring (bicyclic) bond motifs is 1. The van der Waals surface area contributed by atoms with Crippen LogP contribution in [0.25, 0.3) is 5.76 Å². The molecule has 168 valence electrons. The number of ether oxygens (including phenoxy) is 1. The minimum atomic E-state index is -0.786. The van der Waals surface area contributed by atoms with Crippen LogP contribution >= 0.6 is 0 Å². The van der Waals surface area contributed by atoms with Crippen LogP contribution in [0.4, 0.5) is 0 Å². The van der Waals surface area contributed by atoms with E-state index in [2.05, 4.69) is 0 Å². The smallest absolute Gasteiger partial charge is 0.295 e. The molecule has 0 radical (unpaired) electrons. The number of ketones is 1. The van der Waals surface area contributed by atoms with Gasteiger partial charge in [0.15, 0.2) is 0 Å². The van der Waals surface area contributed by atoms with Crippen molar-refractivity contribution in [1.82, 2.24) is 4.90 Å². The number of carbonyl (C=O) groups excluding carboxylic acids is 2. The van der Waals surface area contributed by atoms with Crippen LogP contribution in [0.2, 0.25) is 0 Å². The Bertz CT molecular complexity index is 1260. The van der Waals surface area contributed by atoms with E-state index in [1.165, 1.54) is 4.90 Å². The number of likely N-dealkylation sites (tertiary alicyclic amines) is 1. The van der Waals surface area contributed by atoms with Crippen molar-refractivity contribution < 1.29 is 23.8 Å². The summed E-state index contributed by atoms with van der Waals surface area (Å²) in [4.78, 5) is 27.7. The molecular formula is C27H25NO5. The van der Waals surface area contributed by atoms with Gasteiger partial charge in [0.1, 0.15) is 35.2 Å². The Morgan fingerprint density at radius 1 is 1.09 bits per heavy atom. The molecule has 2 aromatic carbocycles. The molecule has 1 amide bonds. The molecule has 0 saturated carbocycles. The number of amides is 1. The molecule has 0 spiro atoms. The van der Waals surface area contributed by atoms with Crippen molar-refractivity contribution in [3.8, 4) is 5.75 Å². The summed E-state index contributed by atoms with van der Waals surface area (Å²) < 4.78 is 11.6. The van der Waals surface area contributed by atoms with Gasteiger partial charge in [0.05, 0.1) is 5.57 Å². The first-order chi connectivity index (χ1) is 15.9. The van der Waals surface area contributed by atoms with Gasteiger partial charge in [-0.25, -0.2) is 0 Å². The average Bonchev–Trinajstić information content (AvgIpc) is 3.47. The second kappa shape index (κ2) is 8.28. The van der Waals surface area contributed by atoms with Gasteiger partial charge in [-0.1, -0.05) is 30.3 Å². The minimum absolute atomic E-state index is 0.0503. The number of nitrogens with zero attached hydrogens (tertiary/aromatic N) is 1. The quantitative estimate of drug-likeness (QED) is 0.355. The Balaban J connectivity index is 1.55. The van der Waals surface area contributed by atoms with Gasteiger partial charge in [-0.3, -0.25) is 9.59 Å². The van der Waals surface area contributed by atoms with E-state index >= 15 is 0 Å². The fourth-order valence-electron chi connectivity index (χ4n) is 4.63. The molecule has 2 atom stereocenters. The van der Waals surface area contributed by atoms with Crippen LogP contribution in [-0.4, -0.2) is 34.3 Å². The van der Waals surface area contributed by atoms with Crippen molar-refractivity contribution in [3.63, 3.8) is 0 Å². The standard InChI is InChI=1S/C27H25NO5/c1-16-8-10-22(32-16)24-23(25(29)19-9-11-21-20(15-19)14-17(2)33-21)26(30)27(31)28(24)13-12-18-6-4-3-5-7-18/h3-11,15,17,24,29H,12-14H2,1-2H3. The molecule has 2 aliphatic heterocycles. The maximum atomic E-state index is 13.1. The zero-order valence-corrected chi connectivity index (χ0v) is 18.6. The molecule has 1 fully saturated rings. The van der Waals surface area contributed by atoms with Crippen molar-refractivity contribution in [1.29, 1.82) is 0 Å². The van der Waals surface area contributed by atoms with Crippen molar-refractivity contribution in [2.45, 2.75) is 38.8 Å². The van der Waals surface area contributed by atoms with Crippen molar-refractivity contribution in [2.24, 2.45) is 0 Å². The largest absolute Gasteiger partial charge is 0.507 e. The Labute approximate surface area is 192 Å². The highest BCUT2D eigenvalue weighted by Gasteiger charge is 2.47. The van der Waals surface area contributed by atoms with E-state index in [4.69, 9.17) is 9.15 Å². The zero-order valence-electron chi connectivity index (χ0n) is 18.6. The Hall–Kier alpha value is -3.80. The lowest BCUT2D eigenvalue weighted by Crippen LogP contribution is -2.31. The lowest BCUT2D eigenvalue weighted by atomic mass is 9.97. The summed E-state index contributed by atoms with van der Waals surface area (Å²) in [6, 6.07) is 17.9. The van der Waals surface area contributed by atoms with Crippen molar-refractivity contribution in [3.05, 3.63) is 94.4 Å². The number of benzene rings is 2. The molecular weight excluding hydrogens is 418 g/mol. The zero-order chi connectivity index (χ0) is 23.1. The minimum Gasteiger partial charge on any atom is -0.507 e. The van der Waals surface area contributed by atoms with E-state index in [9.17, 15) is 14.7 Å². The molecule has 3 heterocycles. The molecule has 2 unspecified atom stereocenters. The summed E-state index contributed by atoms with van der Waals surface area (Å²) in [6.45, 7) is 4.11. The van der Waals surface area contributed by atoms with E-state index < -0.39 is 17.7 Å². The van der Waals surface area contributed by atoms with Crippen LogP contribution < -0.4 is 4.74 Å². The summed E-state index contributed by atoms with van der Waals surface area (Å²) in [5.41, 5.74) is 2.56. The van der Waals surface area contributed by atoms with Gasteiger partial charge in [0.25, 0.3) is 11.7 Å². The number of rotatable bonds is 5. The van der Waals surface area contributed by atoms with Gasteiger partial charge in [0, 0.05) is 18.5 Å². The lowest BCUT2D eigenvalue weighted by Gasteiger charge is -2.23. The fraction of sp³-hybridized carbons (Fsp3) is 0.259. The van der Waals surface area contributed by atoms with E-state index in [0.29, 0.717) is 30.0 Å². The highest BCUT2D eigenvalue weighted by atomic mass is 16.5. The number of aliphatic hydroxyl groups excluding tert-OH is 1. The van der Waals surface area contributed by atoms with Crippen molar-refractivity contribution in [2.75, 3.05) is 6.54 Å². The van der Waals surface area contributed by atoms with E-state index in [0.717, 1.165) is 23.3 Å². The molecule has 6 nitrogen and oxygen atoms in total. The van der Waals surface area contributed by atoms with Gasteiger partial charge in [-0.15, -0.1) is 0 Å². The first kappa shape index (κ1) is 21.1. The van der Waals surface area contributed by atoms with Gasteiger partial charge < -0.3 is 19.2 Å². The number of carbonyl (C=O) groups is 2. The normalized spacial score (nSPS) is 21.3. The fourth-order valence-corrected chi connectivity index (χ4v) is 4.63. The summed E-state index contributed by atoms with van der Waals surface area (Å²) in [5.74, 6) is 0.369. The van der Waals surface area contributed by atoms with E-state index in [-0.39, 0.29) is 17.4 Å².